The van der Waals surface area contributed by atoms with Crippen LogP contribution in [0.2, 0.25) is 0 Å². The molecule has 118 valence electrons. The van der Waals surface area contributed by atoms with Crippen molar-refractivity contribution >= 4 is 12.1 Å². The van der Waals surface area contributed by atoms with Gasteiger partial charge in [0, 0.05) is 23.2 Å². The Labute approximate surface area is 133 Å². The first-order valence-electron chi connectivity index (χ1n) is 8.44. The molecule has 2 aliphatic carbocycles. The van der Waals surface area contributed by atoms with E-state index in [0.29, 0.717) is 12.3 Å². The number of ketones is 1. The molecule has 0 saturated heterocycles. The van der Waals surface area contributed by atoms with Crippen LogP contribution >= 0.6 is 0 Å². The van der Waals surface area contributed by atoms with Crippen LogP contribution in [0, 0.1) is 11.3 Å². The van der Waals surface area contributed by atoms with Crippen molar-refractivity contribution in [2.75, 3.05) is 0 Å². The number of carbonyl (C=O) groups is 2. The molecule has 1 unspecified atom stereocenters. The van der Waals surface area contributed by atoms with Gasteiger partial charge in [0.05, 0.1) is 0 Å². The van der Waals surface area contributed by atoms with Crippen LogP contribution in [-0.4, -0.2) is 12.1 Å². The number of benzene rings is 1. The van der Waals surface area contributed by atoms with Gasteiger partial charge in [-0.25, -0.2) is 0 Å². The maximum absolute atomic E-state index is 12.9. The molecule has 0 aromatic heterocycles. The summed E-state index contributed by atoms with van der Waals surface area (Å²) in [6.07, 6.45) is 4.38. The summed E-state index contributed by atoms with van der Waals surface area (Å²) in [4.78, 5) is 24.6. The first kappa shape index (κ1) is 15.5. The number of Topliss-reactive ketones (excluding diaryl/α,β-unsaturated/α-hetero) is 1. The first-order chi connectivity index (χ1) is 10.3. The van der Waals surface area contributed by atoms with Crippen molar-refractivity contribution in [1.29, 1.82) is 0 Å². The van der Waals surface area contributed by atoms with E-state index in [4.69, 9.17) is 0 Å². The van der Waals surface area contributed by atoms with Crippen molar-refractivity contribution in [3.8, 4) is 0 Å². The summed E-state index contributed by atoms with van der Waals surface area (Å²) in [6, 6.07) is 6.64. The van der Waals surface area contributed by atoms with Crippen molar-refractivity contribution in [3.05, 3.63) is 34.9 Å². The first-order valence-corrected chi connectivity index (χ1v) is 8.44. The van der Waals surface area contributed by atoms with Crippen LogP contribution in [0.5, 0.6) is 0 Å². The van der Waals surface area contributed by atoms with E-state index >= 15 is 0 Å². The van der Waals surface area contributed by atoms with Crippen molar-refractivity contribution in [2.45, 2.75) is 64.7 Å². The van der Waals surface area contributed by atoms with Crippen LogP contribution in [0.15, 0.2) is 18.2 Å². The third kappa shape index (κ3) is 2.07. The number of rotatable bonds is 2. The van der Waals surface area contributed by atoms with Crippen molar-refractivity contribution < 1.29 is 9.59 Å². The molecule has 0 radical (unpaired) electrons. The van der Waals surface area contributed by atoms with Crippen LogP contribution in [0.3, 0.4) is 0 Å². The zero-order valence-corrected chi connectivity index (χ0v) is 14.1. The van der Waals surface area contributed by atoms with Gasteiger partial charge in [-0.15, -0.1) is 0 Å². The molecule has 3 atom stereocenters. The number of hydrogen-bond donors (Lipinski definition) is 0. The fourth-order valence-corrected chi connectivity index (χ4v) is 4.96. The molecule has 0 amide bonds. The van der Waals surface area contributed by atoms with E-state index in [9.17, 15) is 9.59 Å². The maximum Gasteiger partial charge on any atom is 0.142 e. The highest BCUT2D eigenvalue weighted by atomic mass is 16.1. The van der Waals surface area contributed by atoms with E-state index < -0.39 is 5.41 Å². The lowest BCUT2D eigenvalue weighted by atomic mass is 9.50. The minimum absolute atomic E-state index is 0.163. The van der Waals surface area contributed by atoms with Gasteiger partial charge < -0.3 is 4.79 Å². The number of fused-ring (bicyclic) bond motifs is 3. The highest BCUT2D eigenvalue weighted by Crippen LogP contribution is 2.55. The number of carbonyl (C=O) groups excluding carboxylic acids is 2. The largest absolute Gasteiger partial charge is 0.303 e. The Morgan fingerprint density at radius 1 is 1.23 bits per heavy atom. The average Bonchev–Trinajstić information content (AvgIpc) is 2.46. The Bertz CT molecular complexity index is 631. The van der Waals surface area contributed by atoms with Gasteiger partial charge in [-0.05, 0) is 35.4 Å². The second-order valence-corrected chi connectivity index (χ2v) is 8.04. The molecule has 3 rings (SSSR count). The molecule has 1 saturated carbocycles. The number of aldehydes is 1. The Hall–Kier alpha value is -1.44. The van der Waals surface area contributed by atoms with Gasteiger partial charge in [0.1, 0.15) is 12.1 Å². The smallest absolute Gasteiger partial charge is 0.142 e. The molecule has 0 spiro atoms. The molecular formula is C20H26O2. The monoisotopic (exact) mass is 298 g/mol. The van der Waals surface area contributed by atoms with Crippen molar-refractivity contribution in [3.63, 3.8) is 0 Å². The van der Waals surface area contributed by atoms with Crippen LogP contribution in [-0.2, 0) is 21.4 Å². The summed E-state index contributed by atoms with van der Waals surface area (Å²) >= 11 is 0. The Morgan fingerprint density at radius 3 is 2.59 bits per heavy atom. The molecule has 2 heteroatoms. The quantitative estimate of drug-likeness (QED) is 0.767. The van der Waals surface area contributed by atoms with Gasteiger partial charge in [-0.3, -0.25) is 4.79 Å². The summed E-state index contributed by atoms with van der Waals surface area (Å²) in [5.74, 6) is 0.561. The third-order valence-electron chi connectivity index (χ3n) is 6.08. The van der Waals surface area contributed by atoms with E-state index in [1.54, 1.807) is 0 Å². The van der Waals surface area contributed by atoms with Crippen molar-refractivity contribution in [1.82, 2.24) is 0 Å². The fourth-order valence-electron chi connectivity index (χ4n) is 4.96. The van der Waals surface area contributed by atoms with Crippen LogP contribution in [0.25, 0.3) is 0 Å². The summed E-state index contributed by atoms with van der Waals surface area (Å²) in [5.41, 5.74) is 3.09. The highest BCUT2D eigenvalue weighted by Gasteiger charge is 2.55. The number of hydrogen-bond acceptors (Lipinski definition) is 2. The van der Waals surface area contributed by atoms with Gasteiger partial charge in [-0.1, -0.05) is 52.3 Å². The van der Waals surface area contributed by atoms with Gasteiger partial charge in [0.15, 0.2) is 0 Å². The molecule has 1 aromatic rings. The Morgan fingerprint density at radius 2 is 1.95 bits per heavy atom. The van der Waals surface area contributed by atoms with Crippen LogP contribution in [0.4, 0.5) is 0 Å². The van der Waals surface area contributed by atoms with E-state index in [1.165, 1.54) is 16.7 Å². The topological polar surface area (TPSA) is 34.1 Å². The Kier molecular flexibility index (Phi) is 3.54. The lowest BCUT2D eigenvalue weighted by Gasteiger charge is -2.52. The molecule has 0 N–H and O–H groups in total. The lowest BCUT2D eigenvalue weighted by molar-refractivity contribution is -0.139. The van der Waals surface area contributed by atoms with Gasteiger partial charge in [0.25, 0.3) is 0 Å². The molecule has 0 bridgehead atoms. The van der Waals surface area contributed by atoms with E-state index in [-0.39, 0.29) is 17.1 Å². The molecule has 2 nitrogen and oxygen atoms in total. The second-order valence-electron chi connectivity index (χ2n) is 8.04. The standard InChI is InChI=1S/C20H26O2/c1-13(2)14-6-7-16-15(10-14)11-17(22)18-19(3,12-21)8-5-9-20(16,18)4/h6-7,10,12-13,18H,5,8-9,11H2,1-4H3/t18?,19-,20-/m1/s1. The molecule has 1 fully saturated rings. The molecule has 2 aliphatic rings. The summed E-state index contributed by atoms with van der Waals surface area (Å²) < 4.78 is 0. The SMILES string of the molecule is CC(C)c1ccc2c(c1)CC(=O)C1[C@@](C)(C=O)CCC[C@]21C. The summed E-state index contributed by atoms with van der Waals surface area (Å²) in [7, 11) is 0. The Balaban J connectivity index is 2.15. The minimum atomic E-state index is -0.501. The molecule has 0 aliphatic heterocycles. The zero-order chi connectivity index (χ0) is 16.1. The molecule has 1 aromatic carbocycles. The van der Waals surface area contributed by atoms with Crippen molar-refractivity contribution in [2.24, 2.45) is 11.3 Å². The predicted octanol–water partition coefficient (Wildman–Crippen LogP) is 4.20. The third-order valence-corrected chi connectivity index (χ3v) is 6.08. The normalized spacial score (nSPS) is 34.2. The van der Waals surface area contributed by atoms with E-state index in [0.717, 1.165) is 25.5 Å². The minimum Gasteiger partial charge on any atom is -0.303 e. The lowest BCUT2D eigenvalue weighted by Crippen LogP contribution is -2.54. The summed E-state index contributed by atoms with van der Waals surface area (Å²) in [5, 5.41) is 0. The molecule has 0 heterocycles. The average molecular weight is 298 g/mol. The van der Waals surface area contributed by atoms with Gasteiger partial charge in [-0.2, -0.15) is 0 Å². The fraction of sp³-hybridized carbons (Fsp3) is 0.600. The van der Waals surface area contributed by atoms with E-state index in [2.05, 4.69) is 39.0 Å². The van der Waals surface area contributed by atoms with Crippen LogP contribution in [0.1, 0.15) is 69.6 Å². The summed E-state index contributed by atoms with van der Waals surface area (Å²) in [6.45, 7) is 8.54. The van der Waals surface area contributed by atoms with E-state index in [1.807, 2.05) is 6.92 Å². The van der Waals surface area contributed by atoms with Gasteiger partial charge in [0.2, 0.25) is 0 Å². The van der Waals surface area contributed by atoms with Gasteiger partial charge >= 0.3 is 0 Å². The second kappa shape index (κ2) is 5.04. The predicted molar refractivity (Wildman–Crippen MR) is 88.1 cm³/mol. The molecular weight excluding hydrogens is 272 g/mol. The zero-order valence-electron chi connectivity index (χ0n) is 14.1. The van der Waals surface area contributed by atoms with Crippen LogP contribution < -0.4 is 0 Å². The highest BCUT2D eigenvalue weighted by molar-refractivity contribution is 5.91. The maximum atomic E-state index is 12.9. The molecule has 22 heavy (non-hydrogen) atoms.